The number of benzene rings is 1. The average Bonchev–Trinajstić information content (AvgIpc) is 2.71. The van der Waals surface area contributed by atoms with Crippen molar-refractivity contribution in [3.63, 3.8) is 0 Å². The molecule has 0 radical (unpaired) electrons. The summed E-state index contributed by atoms with van der Waals surface area (Å²) in [6.07, 6.45) is 1.05. The highest BCUT2D eigenvalue weighted by Crippen LogP contribution is 2.25. The molecule has 2 heterocycles. The molecule has 1 N–H and O–H groups in total. The normalized spacial score (nSPS) is 19.2. The maximum atomic E-state index is 14.0. The van der Waals surface area contributed by atoms with Crippen molar-refractivity contribution in [2.45, 2.75) is 25.5 Å². The first-order valence-electron chi connectivity index (χ1n) is 9.01. The second kappa shape index (κ2) is 8.31. The van der Waals surface area contributed by atoms with Gasteiger partial charge >= 0.3 is 0 Å². The fraction of sp³-hybridized carbons (Fsp3) is 0.350. The van der Waals surface area contributed by atoms with Crippen LogP contribution < -0.4 is 4.90 Å². The lowest BCUT2D eigenvalue weighted by atomic mass is 9.98. The van der Waals surface area contributed by atoms with Crippen LogP contribution in [-0.2, 0) is 0 Å². The molecule has 28 heavy (non-hydrogen) atoms. The molecule has 1 aliphatic heterocycles. The molecule has 0 saturated carbocycles. The minimum atomic E-state index is -1.19. The predicted octanol–water partition coefficient (Wildman–Crippen LogP) is 2.33. The van der Waals surface area contributed by atoms with E-state index in [2.05, 4.69) is 11.1 Å². The van der Waals surface area contributed by atoms with Gasteiger partial charge in [-0.3, -0.25) is 4.79 Å². The van der Waals surface area contributed by atoms with Crippen LogP contribution in [0, 0.1) is 23.0 Å². The Bertz CT molecular complexity index is 915. The zero-order valence-electron chi connectivity index (χ0n) is 15.3. The molecule has 1 saturated heterocycles. The summed E-state index contributed by atoms with van der Waals surface area (Å²) >= 11 is 0. The summed E-state index contributed by atoms with van der Waals surface area (Å²) in [5, 5.41) is 19.9. The minimum Gasteiger partial charge on any atom is -0.389 e. The van der Waals surface area contributed by atoms with E-state index in [0.29, 0.717) is 24.3 Å². The Morgan fingerprint density at radius 2 is 2.18 bits per heavy atom. The van der Waals surface area contributed by atoms with Crippen LogP contribution in [0.5, 0.6) is 0 Å². The Hall–Kier alpha value is -3.05. The van der Waals surface area contributed by atoms with Gasteiger partial charge in [-0.1, -0.05) is 6.07 Å². The Labute approximate surface area is 161 Å². The summed E-state index contributed by atoms with van der Waals surface area (Å²) in [6, 6.07) is 8.31. The van der Waals surface area contributed by atoms with Gasteiger partial charge in [0.15, 0.2) is 11.6 Å². The Morgan fingerprint density at radius 3 is 2.86 bits per heavy atom. The van der Waals surface area contributed by atoms with Crippen molar-refractivity contribution in [2.75, 3.05) is 24.5 Å². The van der Waals surface area contributed by atoms with Gasteiger partial charge in [-0.2, -0.15) is 5.26 Å². The van der Waals surface area contributed by atoms with Gasteiger partial charge in [-0.15, -0.1) is 0 Å². The number of nitrogens with zero attached hydrogens (tertiary/aromatic N) is 4. The third kappa shape index (κ3) is 3.66. The molecule has 0 spiro atoms. The molecule has 1 aromatic carbocycles. The van der Waals surface area contributed by atoms with Crippen LogP contribution in [0.1, 0.15) is 29.3 Å². The molecular formula is C20H20F2N4O2. The maximum absolute atomic E-state index is 14.0. The number of hydrogen-bond acceptors (Lipinski definition) is 5. The lowest BCUT2D eigenvalue weighted by Gasteiger charge is -2.42. The highest BCUT2D eigenvalue weighted by Gasteiger charge is 2.36. The lowest BCUT2D eigenvalue weighted by molar-refractivity contribution is 0.0300. The predicted molar refractivity (Wildman–Crippen MR) is 98.6 cm³/mol. The third-order valence-electron chi connectivity index (χ3n) is 4.94. The van der Waals surface area contributed by atoms with Gasteiger partial charge in [0.25, 0.3) is 5.91 Å². The second-order valence-electron chi connectivity index (χ2n) is 6.55. The Morgan fingerprint density at radius 1 is 1.39 bits per heavy atom. The number of hydrogen-bond donors (Lipinski definition) is 1. The van der Waals surface area contributed by atoms with Crippen molar-refractivity contribution < 1.29 is 18.7 Å². The molecule has 0 unspecified atom stereocenters. The van der Waals surface area contributed by atoms with Crippen molar-refractivity contribution in [3.8, 4) is 6.07 Å². The number of aromatic nitrogens is 1. The van der Waals surface area contributed by atoms with Gasteiger partial charge in [0, 0.05) is 25.8 Å². The van der Waals surface area contributed by atoms with Crippen molar-refractivity contribution in [1.29, 1.82) is 5.26 Å². The molecule has 0 aliphatic carbocycles. The second-order valence-corrected chi connectivity index (χ2v) is 6.55. The van der Waals surface area contributed by atoms with Gasteiger partial charge in [0.05, 0.1) is 23.3 Å². The SMILES string of the molecule is CCN(C(=O)c1cccc(F)c1F)[C@@H]1CCN(c2ncccc2C#N)C[C@H]1O. The molecule has 1 amide bonds. The number of pyridine rings is 1. The number of likely N-dealkylation sites (N-methyl/N-ethyl adjacent to an activating group) is 1. The van der Waals surface area contributed by atoms with E-state index in [1.807, 2.05) is 0 Å². The number of amides is 1. The molecule has 1 fully saturated rings. The largest absolute Gasteiger partial charge is 0.389 e. The molecule has 146 valence electrons. The zero-order valence-corrected chi connectivity index (χ0v) is 15.3. The summed E-state index contributed by atoms with van der Waals surface area (Å²) in [5.74, 6) is -2.46. The highest BCUT2D eigenvalue weighted by atomic mass is 19.2. The quantitative estimate of drug-likeness (QED) is 0.872. The number of anilines is 1. The van der Waals surface area contributed by atoms with Crippen LogP contribution >= 0.6 is 0 Å². The number of aliphatic hydroxyl groups is 1. The summed E-state index contributed by atoms with van der Waals surface area (Å²) < 4.78 is 27.5. The smallest absolute Gasteiger partial charge is 0.257 e. The summed E-state index contributed by atoms with van der Waals surface area (Å²) in [6.45, 7) is 2.60. The number of rotatable bonds is 4. The van der Waals surface area contributed by atoms with Gasteiger partial charge in [-0.25, -0.2) is 13.8 Å². The van der Waals surface area contributed by atoms with E-state index in [9.17, 15) is 23.9 Å². The van der Waals surface area contributed by atoms with Crippen molar-refractivity contribution in [1.82, 2.24) is 9.88 Å². The number of halogens is 2. The molecule has 8 heteroatoms. The third-order valence-corrected chi connectivity index (χ3v) is 4.94. The zero-order chi connectivity index (χ0) is 20.3. The Balaban J connectivity index is 1.80. The summed E-state index contributed by atoms with van der Waals surface area (Å²) in [7, 11) is 0. The highest BCUT2D eigenvalue weighted by molar-refractivity contribution is 5.94. The van der Waals surface area contributed by atoms with E-state index < -0.39 is 29.7 Å². The van der Waals surface area contributed by atoms with E-state index in [1.165, 1.54) is 17.0 Å². The molecule has 6 nitrogen and oxygen atoms in total. The molecule has 1 aromatic heterocycles. The van der Waals surface area contributed by atoms with E-state index in [0.717, 1.165) is 6.07 Å². The van der Waals surface area contributed by atoms with Crippen LogP contribution in [0.2, 0.25) is 0 Å². The molecule has 0 bridgehead atoms. The van der Waals surface area contributed by atoms with E-state index in [4.69, 9.17) is 0 Å². The fourth-order valence-electron chi connectivity index (χ4n) is 3.56. The van der Waals surface area contributed by atoms with Gasteiger partial charge in [0.2, 0.25) is 0 Å². The van der Waals surface area contributed by atoms with Crippen molar-refractivity contribution >= 4 is 11.7 Å². The first kappa shape index (κ1) is 19.7. The molecule has 2 atom stereocenters. The van der Waals surface area contributed by atoms with Gasteiger partial charge < -0.3 is 14.9 Å². The average molecular weight is 386 g/mol. The van der Waals surface area contributed by atoms with Crippen LogP contribution in [-0.4, -0.2) is 52.7 Å². The summed E-state index contributed by atoms with van der Waals surface area (Å²) in [4.78, 5) is 20.2. The number of aliphatic hydroxyl groups excluding tert-OH is 1. The minimum absolute atomic E-state index is 0.172. The number of carbonyl (C=O) groups is 1. The molecule has 2 aromatic rings. The van der Waals surface area contributed by atoms with Crippen LogP contribution in [0.3, 0.4) is 0 Å². The van der Waals surface area contributed by atoms with Crippen LogP contribution in [0.4, 0.5) is 14.6 Å². The number of carbonyl (C=O) groups excluding carboxylic acids is 1. The first-order valence-corrected chi connectivity index (χ1v) is 9.01. The van der Waals surface area contributed by atoms with Crippen molar-refractivity contribution in [3.05, 3.63) is 59.3 Å². The Kier molecular flexibility index (Phi) is 5.85. The van der Waals surface area contributed by atoms with E-state index in [1.54, 1.807) is 30.2 Å². The maximum Gasteiger partial charge on any atom is 0.257 e. The van der Waals surface area contributed by atoms with Crippen LogP contribution in [0.25, 0.3) is 0 Å². The summed E-state index contributed by atoms with van der Waals surface area (Å²) in [5.41, 5.74) is 0.0476. The van der Waals surface area contributed by atoms with Crippen molar-refractivity contribution in [2.24, 2.45) is 0 Å². The number of β-amino-alcohol motifs (C(OH)–C–C–N with tert-alkyl or cyclic N) is 1. The monoisotopic (exact) mass is 386 g/mol. The van der Waals surface area contributed by atoms with Gasteiger partial charge in [0.1, 0.15) is 11.9 Å². The van der Waals surface area contributed by atoms with E-state index >= 15 is 0 Å². The van der Waals surface area contributed by atoms with E-state index in [-0.39, 0.29) is 18.7 Å². The number of piperidine rings is 1. The fourth-order valence-corrected chi connectivity index (χ4v) is 3.56. The van der Waals surface area contributed by atoms with Crippen LogP contribution in [0.15, 0.2) is 36.5 Å². The number of nitriles is 1. The van der Waals surface area contributed by atoms with Gasteiger partial charge in [-0.05, 0) is 37.6 Å². The molecule has 1 aliphatic rings. The molecular weight excluding hydrogens is 366 g/mol. The molecule has 3 rings (SSSR count). The standard InChI is InChI=1S/C20H20F2N4O2/c1-2-26(20(28)14-6-3-7-15(21)18(14)22)16-8-10-25(12-17(16)27)19-13(11-23)5-4-9-24-19/h3-7,9,16-17,27H,2,8,10,12H2,1H3/t16-,17-/m1/s1. The topological polar surface area (TPSA) is 80.5 Å². The first-order chi connectivity index (χ1) is 13.5. The lowest BCUT2D eigenvalue weighted by Crippen LogP contribution is -2.56.